The van der Waals surface area contributed by atoms with Crippen molar-refractivity contribution in [3.63, 3.8) is 0 Å². The zero-order valence-electron chi connectivity index (χ0n) is 13.3. The highest BCUT2D eigenvalue weighted by Crippen LogP contribution is 2.22. The van der Waals surface area contributed by atoms with Crippen LogP contribution in [0, 0.1) is 0 Å². The van der Waals surface area contributed by atoms with Crippen LogP contribution in [-0.4, -0.2) is 30.2 Å². The van der Waals surface area contributed by atoms with E-state index in [0.717, 1.165) is 12.1 Å². The number of hydrogen-bond donors (Lipinski definition) is 2. The van der Waals surface area contributed by atoms with Crippen molar-refractivity contribution in [1.29, 1.82) is 0 Å². The summed E-state index contributed by atoms with van der Waals surface area (Å²) in [5.41, 5.74) is 6.52. The van der Waals surface area contributed by atoms with Crippen LogP contribution in [0.4, 0.5) is 16.2 Å². The standard InChI is InChI=1S/C16H23N3O3/c1-16(2,3)22-15(21)18-13-5-4-10-19(14(13)20)12-8-6-11(17)7-9-12/h6-9,13H,4-5,10,17H2,1-3H3,(H,18,21). The van der Waals surface area contributed by atoms with Gasteiger partial charge in [-0.1, -0.05) is 0 Å². The number of carbonyl (C=O) groups excluding carboxylic acids is 2. The average molecular weight is 305 g/mol. The van der Waals surface area contributed by atoms with E-state index in [9.17, 15) is 9.59 Å². The van der Waals surface area contributed by atoms with E-state index in [0.29, 0.717) is 18.7 Å². The van der Waals surface area contributed by atoms with E-state index in [1.54, 1.807) is 37.8 Å². The Labute approximate surface area is 130 Å². The van der Waals surface area contributed by atoms with Gasteiger partial charge in [0.2, 0.25) is 5.91 Å². The number of alkyl carbamates (subject to hydrolysis) is 1. The molecule has 0 aliphatic carbocycles. The van der Waals surface area contributed by atoms with E-state index in [1.807, 2.05) is 12.1 Å². The molecule has 1 fully saturated rings. The Hall–Kier alpha value is -2.24. The van der Waals surface area contributed by atoms with Crippen molar-refractivity contribution in [2.75, 3.05) is 17.2 Å². The number of ether oxygens (including phenoxy) is 1. The summed E-state index contributed by atoms with van der Waals surface area (Å²) in [7, 11) is 0. The highest BCUT2D eigenvalue weighted by atomic mass is 16.6. The summed E-state index contributed by atoms with van der Waals surface area (Å²) in [6, 6.07) is 6.58. The molecule has 1 heterocycles. The Kier molecular flexibility index (Phi) is 4.59. The lowest BCUT2D eigenvalue weighted by Crippen LogP contribution is -2.53. The maximum atomic E-state index is 12.5. The van der Waals surface area contributed by atoms with E-state index >= 15 is 0 Å². The minimum absolute atomic E-state index is 0.123. The van der Waals surface area contributed by atoms with Gasteiger partial charge in [-0.05, 0) is 57.9 Å². The molecule has 1 aromatic carbocycles. The van der Waals surface area contributed by atoms with Crippen LogP contribution in [0.2, 0.25) is 0 Å². The normalized spacial score (nSPS) is 19.0. The van der Waals surface area contributed by atoms with Crippen molar-refractivity contribution in [1.82, 2.24) is 5.32 Å². The molecule has 2 amide bonds. The number of piperidine rings is 1. The van der Waals surface area contributed by atoms with Gasteiger partial charge in [0.15, 0.2) is 0 Å². The number of nitrogens with one attached hydrogen (secondary N) is 1. The van der Waals surface area contributed by atoms with E-state index in [1.165, 1.54) is 0 Å². The Morgan fingerprint density at radius 3 is 2.55 bits per heavy atom. The third-order valence-electron chi connectivity index (χ3n) is 3.33. The van der Waals surface area contributed by atoms with Crippen molar-refractivity contribution >= 4 is 23.4 Å². The van der Waals surface area contributed by atoms with Crippen molar-refractivity contribution in [2.24, 2.45) is 0 Å². The number of anilines is 2. The van der Waals surface area contributed by atoms with Gasteiger partial charge in [0.25, 0.3) is 0 Å². The van der Waals surface area contributed by atoms with Gasteiger partial charge < -0.3 is 20.7 Å². The van der Waals surface area contributed by atoms with Gasteiger partial charge in [-0.3, -0.25) is 4.79 Å². The monoisotopic (exact) mass is 305 g/mol. The molecular formula is C16H23N3O3. The molecule has 1 saturated heterocycles. The molecule has 1 aliphatic heterocycles. The number of amides is 2. The fourth-order valence-electron chi connectivity index (χ4n) is 2.37. The fourth-order valence-corrected chi connectivity index (χ4v) is 2.37. The van der Waals surface area contributed by atoms with Crippen molar-refractivity contribution in [3.05, 3.63) is 24.3 Å². The summed E-state index contributed by atoms with van der Waals surface area (Å²) < 4.78 is 5.21. The molecule has 0 aromatic heterocycles. The predicted octanol–water partition coefficient (Wildman–Crippen LogP) is 2.29. The molecule has 1 atom stereocenters. The minimum atomic E-state index is -0.585. The second-order valence-corrected chi connectivity index (χ2v) is 6.42. The van der Waals surface area contributed by atoms with Gasteiger partial charge in [0.05, 0.1) is 0 Å². The maximum Gasteiger partial charge on any atom is 0.408 e. The average Bonchev–Trinajstić information content (AvgIpc) is 2.40. The molecule has 6 nitrogen and oxygen atoms in total. The number of benzene rings is 1. The third kappa shape index (κ3) is 4.13. The topological polar surface area (TPSA) is 84.7 Å². The molecule has 6 heteroatoms. The van der Waals surface area contributed by atoms with Gasteiger partial charge in [0.1, 0.15) is 11.6 Å². The van der Waals surface area contributed by atoms with Crippen LogP contribution in [0.25, 0.3) is 0 Å². The number of rotatable bonds is 2. The molecule has 2 rings (SSSR count). The molecule has 3 N–H and O–H groups in total. The van der Waals surface area contributed by atoms with Crippen LogP contribution in [0.15, 0.2) is 24.3 Å². The van der Waals surface area contributed by atoms with Gasteiger partial charge in [-0.25, -0.2) is 4.79 Å². The summed E-state index contributed by atoms with van der Waals surface area (Å²) in [6.07, 6.45) is 0.866. The van der Waals surface area contributed by atoms with Gasteiger partial charge in [-0.15, -0.1) is 0 Å². The number of carbonyl (C=O) groups is 2. The Bertz CT molecular complexity index is 549. The highest BCUT2D eigenvalue weighted by Gasteiger charge is 2.32. The van der Waals surface area contributed by atoms with Crippen molar-refractivity contribution in [3.8, 4) is 0 Å². The van der Waals surface area contributed by atoms with E-state index in [4.69, 9.17) is 10.5 Å². The lowest BCUT2D eigenvalue weighted by atomic mass is 10.0. The smallest absolute Gasteiger partial charge is 0.408 e. The van der Waals surface area contributed by atoms with Crippen LogP contribution in [0.3, 0.4) is 0 Å². The first-order chi connectivity index (χ1) is 10.3. The Morgan fingerprint density at radius 2 is 1.95 bits per heavy atom. The molecule has 1 aliphatic rings. The largest absolute Gasteiger partial charge is 0.444 e. The summed E-state index contributed by atoms with van der Waals surface area (Å²) in [4.78, 5) is 26.0. The first kappa shape index (κ1) is 16.1. The molecule has 0 spiro atoms. The van der Waals surface area contributed by atoms with Gasteiger partial charge in [-0.2, -0.15) is 0 Å². The molecule has 0 saturated carbocycles. The highest BCUT2D eigenvalue weighted by molar-refractivity contribution is 5.99. The molecule has 22 heavy (non-hydrogen) atoms. The van der Waals surface area contributed by atoms with Gasteiger partial charge >= 0.3 is 6.09 Å². The van der Waals surface area contributed by atoms with Crippen LogP contribution >= 0.6 is 0 Å². The maximum absolute atomic E-state index is 12.5. The molecular weight excluding hydrogens is 282 g/mol. The van der Waals surface area contributed by atoms with E-state index in [-0.39, 0.29) is 5.91 Å². The lowest BCUT2D eigenvalue weighted by Gasteiger charge is -2.33. The zero-order chi connectivity index (χ0) is 16.3. The first-order valence-corrected chi connectivity index (χ1v) is 7.43. The molecule has 1 unspecified atom stereocenters. The van der Waals surface area contributed by atoms with E-state index < -0.39 is 17.7 Å². The summed E-state index contributed by atoms with van der Waals surface area (Å²) in [5, 5.41) is 2.66. The lowest BCUT2D eigenvalue weighted by molar-refractivity contribution is -0.121. The molecule has 0 bridgehead atoms. The quantitative estimate of drug-likeness (QED) is 0.821. The Balaban J connectivity index is 2.04. The number of nitrogen functional groups attached to an aromatic ring is 1. The van der Waals surface area contributed by atoms with Crippen molar-refractivity contribution in [2.45, 2.75) is 45.3 Å². The molecule has 120 valence electrons. The fraction of sp³-hybridized carbons (Fsp3) is 0.500. The number of hydrogen-bond acceptors (Lipinski definition) is 4. The van der Waals surface area contributed by atoms with Crippen LogP contribution < -0.4 is 16.0 Å². The third-order valence-corrected chi connectivity index (χ3v) is 3.33. The summed E-state index contributed by atoms with van der Waals surface area (Å²) in [6.45, 7) is 6.00. The van der Waals surface area contributed by atoms with Crippen LogP contribution in [0.5, 0.6) is 0 Å². The molecule has 1 aromatic rings. The summed E-state index contributed by atoms with van der Waals surface area (Å²) >= 11 is 0. The Morgan fingerprint density at radius 1 is 1.32 bits per heavy atom. The summed E-state index contributed by atoms with van der Waals surface area (Å²) in [5.74, 6) is -0.123. The number of nitrogens with two attached hydrogens (primary N) is 1. The van der Waals surface area contributed by atoms with Crippen molar-refractivity contribution < 1.29 is 14.3 Å². The second kappa shape index (κ2) is 6.25. The van der Waals surface area contributed by atoms with Crippen LogP contribution in [-0.2, 0) is 9.53 Å². The SMILES string of the molecule is CC(C)(C)OC(=O)NC1CCCN(c2ccc(N)cc2)C1=O. The van der Waals surface area contributed by atoms with E-state index in [2.05, 4.69) is 5.32 Å². The first-order valence-electron chi connectivity index (χ1n) is 7.43. The van der Waals surface area contributed by atoms with Gasteiger partial charge in [0, 0.05) is 17.9 Å². The number of nitrogens with zero attached hydrogens (tertiary/aromatic N) is 1. The predicted molar refractivity (Wildman–Crippen MR) is 85.6 cm³/mol. The zero-order valence-corrected chi connectivity index (χ0v) is 13.3. The molecule has 0 radical (unpaired) electrons. The van der Waals surface area contributed by atoms with Crippen LogP contribution in [0.1, 0.15) is 33.6 Å². The minimum Gasteiger partial charge on any atom is -0.444 e. The second-order valence-electron chi connectivity index (χ2n) is 6.42.